The molecule has 0 aliphatic carbocycles. The Labute approximate surface area is 305 Å². The largest absolute Gasteiger partial charge is 0.490 e. The molecular weight excluding hydrogens is 733 g/mol. The van der Waals surface area contributed by atoms with E-state index in [0.29, 0.717) is 22.5 Å². The molecule has 4 aromatic carbocycles. The molecule has 2 unspecified atom stereocenters. The minimum atomic E-state index is -1.91. The van der Waals surface area contributed by atoms with Gasteiger partial charge in [-0.15, -0.1) is 0 Å². The van der Waals surface area contributed by atoms with E-state index >= 15 is 0 Å². The summed E-state index contributed by atoms with van der Waals surface area (Å²) in [5, 5.41) is 46.8. The van der Waals surface area contributed by atoms with Crippen LogP contribution in [0.3, 0.4) is 0 Å². The zero-order valence-corrected chi connectivity index (χ0v) is 29.4. The molecule has 0 aliphatic heterocycles. The number of nitro groups is 2. The van der Waals surface area contributed by atoms with Gasteiger partial charge in [-0.05, 0) is 76.2 Å². The molecule has 0 fully saturated rings. The zero-order valence-electron chi connectivity index (χ0n) is 27.9. The van der Waals surface area contributed by atoms with Crippen molar-refractivity contribution < 1.29 is 47.9 Å². The monoisotopic (exact) mass is 764 g/mol. The molecule has 0 bridgehead atoms. The number of amides is 2. The third-order valence-corrected chi connectivity index (χ3v) is 7.68. The van der Waals surface area contributed by atoms with Gasteiger partial charge in [0, 0.05) is 46.8 Å². The van der Waals surface area contributed by atoms with Crippen molar-refractivity contribution in [2.24, 2.45) is 0 Å². The van der Waals surface area contributed by atoms with Gasteiger partial charge >= 0.3 is 0 Å². The van der Waals surface area contributed by atoms with E-state index in [1.807, 2.05) is 0 Å². The van der Waals surface area contributed by atoms with E-state index < -0.39 is 57.7 Å². The molecule has 14 nitrogen and oxygen atoms in total. The predicted molar refractivity (Wildman–Crippen MR) is 188 cm³/mol. The molecular formula is C34H32Cl2F2N4O10. The van der Waals surface area contributed by atoms with Crippen molar-refractivity contribution in [2.75, 3.05) is 23.8 Å². The fraction of sp³-hybridized carbons (Fsp3) is 0.235. The second-order valence-electron chi connectivity index (χ2n) is 11.7. The van der Waals surface area contributed by atoms with Gasteiger partial charge in [0.05, 0.1) is 19.9 Å². The highest BCUT2D eigenvalue weighted by atomic mass is 35.5. The number of hydrogen-bond acceptors (Lipinski definition) is 10. The molecule has 0 heterocycles. The summed E-state index contributed by atoms with van der Waals surface area (Å²) < 4.78 is 36.8. The first-order valence-electron chi connectivity index (χ1n) is 14.9. The lowest BCUT2D eigenvalue weighted by Crippen LogP contribution is -2.45. The van der Waals surface area contributed by atoms with Crippen LogP contribution in [-0.4, -0.2) is 56.3 Å². The molecule has 0 saturated heterocycles. The number of aliphatic hydroxyl groups is 2. The Kier molecular flexibility index (Phi) is 13.6. The number of carbonyl (C=O) groups excluding carboxylic acids is 2. The first kappa shape index (κ1) is 41.0. The number of nitro benzene ring substituents is 2. The van der Waals surface area contributed by atoms with Crippen LogP contribution in [0.15, 0.2) is 72.8 Å². The highest BCUT2D eigenvalue weighted by Crippen LogP contribution is 2.26. The third kappa shape index (κ3) is 11.3. The summed E-state index contributed by atoms with van der Waals surface area (Å²) >= 11 is 11.3. The van der Waals surface area contributed by atoms with Crippen LogP contribution >= 0.6 is 23.2 Å². The Morgan fingerprint density at radius 1 is 0.692 bits per heavy atom. The van der Waals surface area contributed by atoms with Crippen LogP contribution in [-0.2, 0) is 9.59 Å². The topological polar surface area (TPSA) is 203 Å². The lowest BCUT2D eigenvalue weighted by atomic mass is 10.1. The minimum Gasteiger partial charge on any atom is -0.490 e. The fourth-order valence-corrected chi connectivity index (χ4v) is 4.46. The summed E-state index contributed by atoms with van der Waals surface area (Å²) in [6.45, 7) is 4.73. The Hall–Kier alpha value is -5.42. The average Bonchev–Trinajstić information content (AvgIpc) is 3.06. The number of rotatable bonds is 12. The molecule has 0 spiro atoms. The van der Waals surface area contributed by atoms with E-state index in [-0.39, 0.29) is 32.9 Å². The summed E-state index contributed by atoms with van der Waals surface area (Å²) in [7, 11) is 0. The molecule has 276 valence electrons. The van der Waals surface area contributed by atoms with Crippen LogP contribution in [0.2, 0.25) is 10.0 Å². The first-order valence-corrected chi connectivity index (χ1v) is 15.7. The van der Waals surface area contributed by atoms with Crippen LogP contribution in [0.4, 0.5) is 31.5 Å². The summed E-state index contributed by atoms with van der Waals surface area (Å²) in [5.41, 5.74) is -2.65. The van der Waals surface area contributed by atoms with Crippen LogP contribution in [0.5, 0.6) is 11.5 Å². The van der Waals surface area contributed by atoms with E-state index in [1.165, 1.54) is 88.4 Å². The molecule has 4 rings (SSSR count). The predicted octanol–water partition coefficient (Wildman–Crippen LogP) is 6.93. The van der Waals surface area contributed by atoms with E-state index in [4.69, 9.17) is 32.7 Å². The number of nitrogens with one attached hydrogen (secondary N) is 2. The molecule has 0 aromatic heterocycles. The van der Waals surface area contributed by atoms with Crippen molar-refractivity contribution in [3.05, 3.63) is 126 Å². The lowest BCUT2D eigenvalue weighted by molar-refractivity contribution is -0.385. The van der Waals surface area contributed by atoms with Crippen molar-refractivity contribution in [3.8, 4) is 11.5 Å². The van der Waals surface area contributed by atoms with Gasteiger partial charge in [-0.3, -0.25) is 29.8 Å². The Bertz CT molecular complexity index is 1860. The van der Waals surface area contributed by atoms with Crippen LogP contribution < -0.4 is 20.1 Å². The van der Waals surface area contributed by atoms with Crippen molar-refractivity contribution in [3.63, 3.8) is 0 Å². The number of aryl methyl sites for hydroxylation is 2. The van der Waals surface area contributed by atoms with Crippen molar-refractivity contribution >= 4 is 57.8 Å². The maximum atomic E-state index is 13.1. The van der Waals surface area contributed by atoms with E-state index in [0.717, 1.165) is 12.1 Å². The standard InChI is InChI=1S/2C17H16ClFN2O5/c2*1-10-7-11(3-6-15(10)21(24)25)20-16(22)17(2,23)9-26-12-4-5-14(19)13(18)8-12/h2*3-8,23H,9H2,1-2H3,(H,20,22). The normalized spacial score (nSPS) is 13.0. The van der Waals surface area contributed by atoms with Gasteiger partial charge < -0.3 is 30.3 Å². The third-order valence-electron chi connectivity index (χ3n) is 7.10. The molecule has 52 heavy (non-hydrogen) atoms. The Morgan fingerprint density at radius 2 is 1.04 bits per heavy atom. The molecule has 0 radical (unpaired) electrons. The van der Waals surface area contributed by atoms with E-state index in [9.17, 15) is 48.8 Å². The lowest BCUT2D eigenvalue weighted by Gasteiger charge is -2.22. The highest BCUT2D eigenvalue weighted by molar-refractivity contribution is 6.31. The average molecular weight is 766 g/mol. The summed E-state index contributed by atoms with van der Waals surface area (Å²) in [6, 6.07) is 15.4. The van der Waals surface area contributed by atoms with Crippen molar-refractivity contribution in [1.29, 1.82) is 0 Å². The number of ether oxygens (including phenoxy) is 2. The van der Waals surface area contributed by atoms with E-state index in [2.05, 4.69) is 10.6 Å². The maximum absolute atomic E-state index is 13.1. The molecule has 2 atom stereocenters. The highest BCUT2D eigenvalue weighted by Gasteiger charge is 2.33. The van der Waals surface area contributed by atoms with Crippen LogP contribution in [0.1, 0.15) is 25.0 Å². The van der Waals surface area contributed by atoms with Gasteiger partial charge in [-0.1, -0.05) is 23.2 Å². The smallest absolute Gasteiger partial charge is 0.272 e. The Morgan fingerprint density at radius 3 is 1.33 bits per heavy atom. The molecule has 18 heteroatoms. The van der Waals surface area contributed by atoms with Gasteiger partial charge in [0.2, 0.25) is 0 Å². The van der Waals surface area contributed by atoms with Crippen LogP contribution in [0.25, 0.3) is 0 Å². The first-order chi connectivity index (χ1) is 24.2. The minimum absolute atomic E-state index is 0.0775. The van der Waals surface area contributed by atoms with Gasteiger partial charge in [0.25, 0.3) is 23.2 Å². The number of nitrogens with zero attached hydrogens (tertiary/aromatic N) is 2. The molecule has 4 N–H and O–H groups in total. The summed E-state index contributed by atoms with van der Waals surface area (Å²) in [4.78, 5) is 45.0. The van der Waals surface area contributed by atoms with Gasteiger partial charge in [-0.2, -0.15) is 0 Å². The second kappa shape index (κ2) is 17.2. The number of halogens is 4. The van der Waals surface area contributed by atoms with Gasteiger partial charge in [0.15, 0.2) is 11.2 Å². The number of carbonyl (C=O) groups is 2. The maximum Gasteiger partial charge on any atom is 0.272 e. The molecule has 0 saturated carbocycles. The number of hydrogen-bond donors (Lipinski definition) is 4. The zero-order chi connectivity index (χ0) is 39.0. The molecule has 4 aromatic rings. The second-order valence-corrected chi connectivity index (χ2v) is 12.5. The molecule has 2 amide bonds. The summed E-state index contributed by atoms with van der Waals surface area (Å²) in [5.74, 6) is -2.38. The van der Waals surface area contributed by atoms with Crippen molar-refractivity contribution in [2.45, 2.75) is 38.9 Å². The SMILES string of the molecule is Cc1cc(NC(=O)C(C)(O)COc2ccc(F)c(Cl)c2)ccc1[N+](=O)[O-].Cc1cc(NC(=O)C(C)(O)COc2ccc(F)c(Cl)c2)ccc1[N+](=O)[O-]. The van der Waals surface area contributed by atoms with Crippen LogP contribution in [0, 0.1) is 45.7 Å². The Balaban J connectivity index is 0.000000280. The van der Waals surface area contributed by atoms with E-state index in [1.54, 1.807) is 0 Å². The van der Waals surface area contributed by atoms with Gasteiger partial charge in [0.1, 0.15) is 36.3 Å². The number of benzene rings is 4. The number of anilines is 2. The van der Waals surface area contributed by atoms with Gasteiger partial charge in [-0.25, -0.2) is 8.78 Å². The summed E-state index contributed by atoms with van der Waals surface area (Å²) in [6.07, 6.45) is 0. The molecule has 0 aliphatic rings. The fourth-order valence-electron chi connectivity index (χ4n) is 4.12. The quantitative estimate of drug-likeness (QED) is 0.0865. The van der Waals surface area contributed by atoms with Crippen molar-refractivity contribution in [1.82, 2.24) is 0 Å².